The fraction of sp³-hybridized carbons (Fsp3) is 0.412. The van der Waals surface area contributed by atoms with Crippen LogP contribution in [0.3, 0.4) is 0 Å². The Morgan fingerprint density at radius 3 is 2.77 bits per heavy atom. The third kappa shape index (κ3) is 4.40. The minimum absolute atomic E-state index is 0.149. The summed E-state index contributed by atoms with van der Waals surface area (Å²) >= 11 is 1.27. The number of nitrogens with two attached hydrogens (primary N) is 1. The van der Waals surface area contributed by atoms with E-state index in [0.717, 1.165) is 12.8 Å². The lowest BCUT2D eigenvalue weighted by molar-refractivity contribution is -0.118. The summed E-state index contributed by atoms with van der Waals surface area (Å²) in [7, 11) is 0. The summed E-state index contributed by atoms with van der Waals surface area (Å²) < 4.78 is 15.7. The molecule has 26 heavy (non-hydrogen) atoms. The second-order valence-electron chi connectivity index (χ2n) is 6.20. The molecular weight excluding hydrogens is 357 g/mol. The van der Waals surface area contributed by atoms with E-state index in [1.165, 1.54) is 23.9 Å². The Kier molecular flexibility index (Phi) is 5.55. The summed E-state index contributed by atoms with van der Waals surface area (Å²) in [5, 5.41) is 11.1. The maximum Gasteiger partial charge on any atom is 0.237 e. The Labute approximate surface area is 154 Å². The summed E-state index contributed by atoms with van der Waals surface area (Å²) in [6.45, 7) is 1.73. The number of para-hydroxylation sites is 1. The quantitative estimate of drug-likeness (QED) is 0.687. The van der Waals surface area contributed by atoms with Gasteiger partial charge >= 0.3 is 0 Å². The maximum absolute atomic E-state index is 13.7. The summed E-state index contributed by atoms with van der Waals surface area (Å²) in [5.74, 6) is -0.477. The topological polar surface area (TPSA) is 103 Å². The lowest BCUT2D eigenvalue weighted by atomic mass is 10.3. The van der Waals surface area contributed by atoms with Gasteiger partial charge in [-0.2, -0.15) is 0 Å². The number of hydrogen-bond acceptors (Lipinski definition) is 5. The molecule has 138 valence electrons. The second-order valence-corrected chi connectivity index (χ2v) is 7.50. The predicted molar refractivity (Wildman–Crippen MR) is 96.2 cm³/mol. The van der Waals surface area contributed by atoms with E-state index in [-0.39, 0.29) is 23.9 Å². The van der Waals surface area contributed by atoms with Crippen molar-refractivity contribution in [2.24, 2.45) is 5.73 Å². The van der Waals surface area contributed by atoms with Crippen LogP contribution in [0.5, 0.6) is 0 Å². The van der Waals surface area contributed by atoms with Gasteiger partial charge < -0.3 is 15.6 Å². The monoisotopic (exact) mass is 377 g/mol. The summed E-state index contributed by atoms with van der Waals surface area (Å²) in [6.07, 6.45) is 2.67. The van der Waals surface area contributed by atoms with Crippen molar-refractivity contribution in [1.29, 1.82) is 0 Å². The molecule has 7 nitrogen and oxygen atoms in total. The zero-order valence-electron chi connectivity index (χ0n) is 14.3. The molecule has 1 heterocycles. The Morgan fingerprint density at radius 1 is 1.38 bits per heavy atom. The number of primary amides is 1. The van der Waals surface area contributed by atoms with Crippen LogP contribution in [0.4, 0.5) is 10.1 Å². The fourth-order valence-electron chi connectivity index (χ4n) is 2.50. The molecule has 3 rings (SSSR count). The molecule has 9 heteroatoms. The van der Waals surface area contributed by atoms with Crippen molar-refractivity contribution in [3.8, 4) is 0 Å². The van der Waals surface area contributed by atoms with Gasteiger partial charge in [-0.15, -0.1) is 10.2 Å². The van der Waals surface area contributed by atoms with Crippen LogP contribution in [0.15, 0.2) is 29.4 Å². The van der Waals surface area contributed by atoms with E-state index < -0.39 is 11.1 Å². The van der Waals surface area contributed by atoms with Gasteiger partial charge in [-0.1, -0.05) is 23.9 Å². The minimum atomic E-state index is -0.486. The molecule has 0 unspecified atom stereocenters. The van der Waals surface area contributed by atoms with Gasteiger partial charge in [0.1, 0.15) is 11.6 Å². The van der Waals surface area contributed by atoms with Crippen molar-refractivity contribution in [3.05, 3.63) is 35.9 Å². The van der Waals surface area contributed by atoms with Crippen LogP contribution in [-0.4, -0.2) is 31.8 Å². The van der Waals surface area contributed by atoms with Gasteiger partial charge in [-0.05, 0) is 31.9 Å². The molecule has 1 aromatic carbocycles. The van der Waals surface area contributed by atoms with E-state index in [0.29, 0.717) is 23.4 Å². The number of nitrogens with zero attached hydrogens (tertiary/aromatic N) is 3. The summed E-state index contributed by atoms with van der Waals surface area (Å²) in [4.78, 5) is 23.4. The number of anilines is 1. The molecule has 3 N–H and O–H groups in total. The molecule has 1 aliphatic carbocycles. The first kappa shape index (κ1) is 18.4. The first-order valence-corrected chi connectivity index (χ1v) is 9.27. The number of thioether (sulfide) groups is 1. The fourth-order valence-corrected chi connectivity index (χ4v) is 3.44. The lowest BCUT2D eigenvalue weighted by Crippen LogP contribution is -2.23. The number of aryl methyl sites for hydroxylation is 1. The van der Waals surface area contributed by atoms with Crippen molar-refractivity contribution in [1.82, 2.24) is 14.8 Å². The van der Waals surface area contributed by atoms with E-state index in [1.54, 1.807) is 19.1 Å². The summed E-state index contributed by atoms with van der Waals surface area (Å²) in [6, 6.07) is 6.33. The van der Waals surface area contributed by atoms with Gasteiger partial charge in [0.2, 0.25) is 11.8 Å². The van der Waals surface area contributed by atoms with Crippen LogP contribution >= 0.6 is 11.8 Å². The Bertz CT molecular complexity index is 821. The van der Waals surface area contributed by atoms with Crippen LogP contribution in [0.25, 0.3) is 0 Å². The average Bonchev–Trinajstić information content (AvgIpc) is 3.36. The smallest absolute Gasteiger partial charge is 0.237 e. The molecule has 0 spiro atoms. The highest BCUT2D eigenvalue weighted by molar-refractivity contribution is 8.00. The molecule has 0 bridgehead atoms. The lowest BCUT2D eigenvalue weighted by Gasteiger charge is -2.13. The van der Waals surface area contributed by atoms with E-state index in [2.05, 4.69) is 15.5 Å². The number of carbonyl (C=O) groups excluding carboxylic acids is 2. The normalized spacial score (nSPS) is 14.8. The number of hydrogen-bond donors (Lipinski definition) is 2. The van der Waals surface area contributed by atoms with E-state index in [1.807, 2.05) is 4.57 Å². The Hall–Kier alpha value is -2.42. The van der Waals surface area contributed by atoms with E-state index in [9.17, 15) is 14.0 Å². The molecule has 1 atom stereocenters. The highest BCUT2D eigenvalue weighted by Gasteiger charge is 2.31. The number of rotatable bonds is 8. The highest BCUT2D eigenvalue weighted by Crippen LogP contribution is 2.39. The first-order chi connectivity index (χ1) is 12.5. The number of benzene rings is 1. The molecular formula is C17H20FN5O2S. The number of halogens is 1. The van der Waals surface area contributed by atoms with Crippen LogP contribution in [0.1, 0.15) is 38.1 Å². The molecule has 2 aromatic rings. The molecule has 1 saturated carbocycles. The van der Waals surface area contributed by atoms with Crippen molar-refractivity contribution in [3.63, 3.8) is 0 Å². The molecule has 1 fully saturated rings. The first-order valence-electron chi connectivity index (χ1n) is 8.40. The van der Waals surface area contributed by atoms with E-state index in [4.69, 9.17) is 5.73 Å². The second kappa shape index (κ2) is 7.86. The highest BCUT2D eigenvalue weighted by atomic mass is 32.2. The number of amides is 2. The van der Waals surface area contributed by atoms with Crippen molar-refractivity contribution >= 4 is 29.3 Å². The number of carbonyl (C=O) groups is 2. The third-order valence-corrected chi connectivity index (χ3v) is 5.08. The predicted octanol–water partition coefficient (Wildman–Crippen LogP) is 2.29. The molecule has 1 aliphatic rings. The average molecular weight is 377 g/mol. The van der Waals surface area contributed by atoms with Gasteiger partial charge in [0.25, 0.3) is 0 Å². The van der Waals surface area contributed by atoms with Crippen molar-refractivity contribution in [2.45, 2.75) is 49.1 Å². The largest absolute Gasteiger partial charge is 0.370 e. The van der Waals surface area contributed by atoms with Gasteiger partial charge in [-0.3, -0.25) is 9.59 Å². The standard InChI is InChI=1S/C17H20FN5O2S/c1-10(16(25)20-13-5-3-2-4-12(13)18)26-17-22-21-15(9-8-14(19)24)23(17)11-6-7-11/h2-5,10-11H,6-9H2,1H3,(H2,19,24)(H,20,25)/t10-/m0/s1. The van der Waals surface area contributed by atoms with Gasteiger partial charge in [0.05, 0.1) is 10.9 Å². The maximum atomic E-state index is 13.7. The van der Waals surface area contributed by atoms with Gasteiger partial charge in [0.15, 0.2) is 5.16 Å². The molecule has 0 radical (unpaired) electrons. The van der Waals surface area contributed by atoms with E-state index >= 15 is 0 Å². The number of aromatic nitrogens is 3. The third-order valence-electron chi connectivity index (χ3n) is 4.03. The minimum Gasteiger partial charge on any atom is -0.370 e. The molecule has 0 saturated heterocycles. The van der Waals surface area contributed by atoms with Gasteiger partial charge in [-0.25, -0.2) is 4.39 Å². The Morgan fingerprint density at radius 2 is 2.12 bits per heavy atom. The molecule has 2 amide bonds. The summed E-state index contributed by atoms with van der Waals surface area (Å²) in [5.41, 5.74) is 5.36. The van der Waals surface area contributed by atoms with Crippen LogP contribution < -0.4 is 11.1 Å². The molecule has 0 aliphatic heterocycles. The van der Waals surface area contributed by atoms with Crippen molar-refractivity contribution in [2.75, 3.05) is 5.32 Å². The SMILES string of the molecule is C[C@H](Sc1nnc(CCC(N)=O)n1C1CC1)C(=O)Nc1ccccc1F. The van der Waals surface area contributed by atoms with Crippen molar-refractivity contribution < 1.29 is 14.0 Å². The Balaban J connectivity index is 1.68. The van der Waals surface area contributed by atoms with Crippen LogP contribution in [0, 0.1) is 5.82 Å². The zero-order valence-corrected chi connectivity index (χ0v) is 15.1. The number of nitrogens with one attached hydrogen (secondary N) is 1. The van der Waals surface area contributed by atoms with Crippen LogP contribution in [-0.2, 0) is 16.0 Å². The molecule has 1 aromatic heterocycles. The zero-order chi connectivity index (χ0) is 18.7. The van der Waals surface area contributed by atoms with Gasteiger partial charge in [0, 0.05) is 18.9 Å². The van der Waals surface area contributed by atoms with Crippen LogP contribution in [0.2, 0.25) is 0 Å².